The molecule has 0 spiro atoms. The summed E-state index contributed by atoms with van der Waals surface area (Å²) in [6, 6.07) is 0. The number of allylic oxidation sites excluding steroid dienone is 2. The first-order valence-corrected chi connectivity index (χ1v) is 3.89. The highest BCUT2D eigenvalue weighted by molar-refractivity contribution is 6.39. The van der Waals surface area contributed by atoms with Crippen molar-refractivity contribution in [1.82, 2.24) is 4.90 Å². The van der Waals surface area contributed by atoms with Gasteiger partial charge < -0.3 is 15.1 Å². The molecule has 0 saturated carbocycles. The van der Waals surface area contributed by atoms with Crippen molar-refractivity contribution in [1.29, 1.82) is 0 Å². The standard InChI is InChI=1S/C9H9NO4/c11-6-7(8(12)9(13)14)10-4-2-1-3-5-10/h1-4,6,11H,5H2,(H,13,14). The maximum atomic E-state index is 11.0. The molecule has 1 aliphatic rings. The van der Waals surface area contributed by atoms with Gasteiger partial charge in [-0.25, -0.2) is 4.79 Å². The van der Waals surface area contributed by atoms with Crippen molar-refractivity contribution in [3.8, 4) is 0 Å². The highest BCUT2D eigenvalue weighted by Crippen LogP contribution is 2.09. The van der Waals surface area contributed by atoms with E-state index in [1.54, 1.807) is 18.2 Å². The first-order chi connectivity index (χ1) is 6.66. The van der Waals surface area contributed by atoms with Gasteiger partial charge in [0, 0.05) is 12.7 Å². The van der Waals surface area contributed by atoms with Crippen molar-refractivity contribution in [3.63, 3.8) is 0 Å². The van der Waals surface area contributed by atoms with Gasteiger partial charge in [-0.05, 0) is 6.08 Å². The van der Waals surface area contributed by atoms with Gasteiger partial charge in [-0.15, -0.1) is 0 Å². The van der Waals surface area contributed by atoms with Gasteiger partial charge in [0.15, 0.2) is 0 Å². The van der Waals surface area contributed by atoms with E-state index >= 15 is 0 Å². The van der Waals surface area contributed by atoms with E-state index in [1.807, 2.05) is 0 Å². The molecule has 0 aromatic rings. The monoisotopic (exact) mass is 195 g/mol. The van der Waals surface area contributed by atoms with E-state index in [-0.39, 0.29) is 5.70 Å². The van der Waals surface area contributed by atoms with Crippen molar-refractivity contribution < 1.29 is 19.8 Å². The molecule has 5 heteroatoms. The van der Waals surface area contributed by atoms with Gasteiger partial charge in [-0.3, -0.25) is 4.79 Å². The molecule has 0 fully saturated rings. The molecular weight excluding hydrogens is 186 g/mol. The van der Waals surface area contributed by atoms with Gasteiger partial charge in [0.25, 0.3) is 5.78 Å². The Labute approximate surface area is 80.3 Å². The van der Waals surface area contributed by atoms with Crippen LogP contribution in [-0.4, -0.2) is 33.4 Å². The summed E-state index contributed by atoms with van der Waals surface area (Å²) in [7, 11) is 0. The highest BCUT2D eigenvalue weighted by atomic mass is 16.4. The van der Waals surface area contributed by atoms with Crippen molar-refractivity contribution in [2.75, 3.05) is 6.54 Å². The van der Waals surface area contributed by atoms with Crippen molar-refractivity contribution in [2.24, 2.45) is 0 Å². The van der Waals surface area contributed by atoms with Crippen LogP contribution in [0.4, 0.5) is 0 Å². The third kappa shape index (κ3) is 2.01. The predicted molar refractivity (Wildman–Crippen MR) is 48.3 cm³/mol. The summed E-state index contributed by atoms with van der Waals surface area (Å²) in [5, 5.41) is 17.2. The van der Waals surface area contributed by atoms with Crippen LogP contribution in [0.25, 0.3) is 0 Å². The first-order valence-electron chi connectivity index (χ1n) is 3.89. The predicted octanol–water partition coefficient (Wildman–Crippen LogP) is 0.425. The molecule has 0 amide bonds. The minimum Gasteiger partial charge on any atom is -0.513 e. The number of carbonyl (C=O) groups excluding carboxylic acids is 1. The summed E-state index contributed by atoms with van der Waals surface area (Å²) in [5.41, 5.74) is -0.252. The lowest BCUT2D eigenvalue weighted by Gasteiger charge is -2.20. The second kappa shape index (κ2) is 4.27. The number of aliphatic hydroxyl groups excluding tert-OH is 1. The number of Topliss-reactive ketones (excluding diaryl/α,β-unsaturated/α-hetero) is 1. The van der Waals surface area contributed by atoms with Crippen LogP contribution in [0.5, 0.6) is 0 Å². The normalized spacial score (nSPS) is 15.7. The zero-order valence-electron chi connectivity index (χ0n) is 7.25. The Kier molecular flexibility index (Phi) is 3.06. The Balaban J connectivity index is 2.83. The highest BCUT2D eigenvalue weighted by Gasteiger charge is 2.22. The number of hydrogen-bond donors (Lipinski definition) is 2. The molecule has 14 heavy (non-hydrogen) atoms. The maximum Gasteiger partial charge on any atom is 0.378 e. The van der Waals surface area contributed by atoms with Gasteiger partial charge in [0.05, 0.1) is 0 Å². The molecule has 2 N–H and O–H groups in total. The third-order valence-corrected chi connectivity index (χ3v) is 1.67. The molecular formula is C9H9NO4. The van der Waals surface area contributed by atoms with Crippen molar-refractivity contribution in [3.05, 3.63) is 36.4 Å². The van der Waals surface area contributed by atoms with Crippen LogP contribution in [0.2, 0.25) is 0 Å². The number of rotatable bonds is 3. The molecule has 0 radical (unpaired) electrons. The summed E-state index contributed by atoms with van der Waals surface area (Å²) in [4.78, 5) is 22.8. The molecule has 5 nitrogen and oxygen atoms in total. The number of carboxylic acids is 1. The lowest BCUT2D eigenvalue weighted by atomic mass is 10.2. The van der Waals surface area contributed by atoms with Crippen LogP contribution in [0.1, 0.15) is 0 Å². The van der Waals surface area contributed by atoms with E-state index in [2.05, 4.69) is 0 Å². The van der Waals surface area contributed by atoms with Crippen LogP contribution in [0.3, 0.4) is 0 Å². The molecule has 0 unspecified atom stereocenters. The molecule has 0 bridgehead atoms. The fourth-order valence-electron chi connectivity index (χ4n) is 1.02. The molecule has 1 rings (SSSR count). The van der Waals surface area contributed by atoms with Crippen LogP contribution in [0.15, 0.2) is 36.4 Å². The number of carbonyl (C=O) groups is 2. The molecule has 0 atom stereocenters. The van der Waals surface area contributed by atoms with Crippen molar-refractivity contribution in [2.45, 2.75) is 0 Å². The summed E-state index contributed by atoms with van der Waals surface area (Å²) >= 11 is 0. The summed E-state index contributed by atoms with van der Waals surface area (Å²) < 4.78 is 0. The minimum atomic E-state index is -1.59. The minimum absolute atomic E-state index is 0.252. The Morgan fingerprint density at radius 2 is 2.07 bits per heavy atom. The van der Waals surface area contributed by atoms with Crippen LogP contribution < -0.4 is 0 Å². The van der Waals surface area contributed by atoms with E-state index in [1.165, 1.54) is 11.1 Å². The summed E-state index contributed by atoms with van der Waals surface area (Å²) in [6.45, 7) is 0.363. The quantitative estimate of drug-likeness (QED) is 0.388. The number of hydrogen-bond acceptors (Lipinski definition) is 4. The Hall–Kier alpha value is -2.04. The topological polar surface area (TPSA) is 77.8 Å². The zero-order chi connectivity index (χ0) is 10.6. The van der Waals surface area contributed by atoms with E-state index < -0.39 is 11.8 Å². The van der Waals surface area contributed by atoms with Gasteiger partial charge in [-0.1, -0.05) is 12.2 Å². The fourth-order valence-corrected chi connectivity index (χ4v) is 1.02. The van der Waals surface area contributed by atoms with Crippen LogP contribution >= 0.6 is 0 Å². The lowest BCUT2D eigenvalue weighted by Crippen LogP contribution is -2.28. The van der Waals surface area contributed by atoms with Crippen LogP contribution in [0, 0.1) is 0 Å². The molecule has 0 aliphatic carbocycles. The lowest BCUT2D eigenvalue weighted by molar-refractivity contribution is -0.147. The van der Waals surface area contributed by atoms with E-state index in [0.29, 0.717) is 12.8 Å². The number of carboxylic acid groups (broad SMARTS) is 1. The Bertz CT molecular complexity index is 341. The van der Waals surface area contributed by atoms with E-state index in [4.69, 9.17) is 10.2 Å². The number of ketones is 1. The third-order valence-electron chi connectivity index (χ3n) is 1.67. The first kappa shape index (κ1) is 10.0. The largest absolute Gasteiger partial charge is 0.513 e. The fraction of sp³-hybridized carbons (Fsp3) is 0.111. The van der Waals surface area contributed by atoms with E-state index in [0.717, 1.165) is 0 Å². The average molecular weight is 195 g/mol. The van der Waals surface area contributed by atoms with Gasteiger partial charge in [0.2, 0.25) is 0 Å². The smallest absolute Gasteiger partial charge is 0.378 e. The van der Waals surface area contributed by atoms with E-state index in [9.17, 15) is 9.59 Å². The Morgan fingerprint density at radius 1 is 1.36 bits per heavy atom. The van der Waals surface area contributed by atoms with Crippen LogP contribution in [-0.2, 0) is 9.59 Å². The van der Waals surface area contributed by atoms with Crippen molar-refractivity contribution >= 4 is 11.8 Å². The van der Waals surface area contributed by atoms with Gasteiger partial charge in [0.1, 0.15) is 12.0 Å². The number of nitrogens with zero attached hydrogens (tertiary/aromatic N) is 1. The van der Waals surface area contributed by atoms with Gasteiger partial charge >= 0.3 is 5.97 Å². The molecule has 0 saturated heterocycles. The Morgan fingerprint density at radius 3 is 2.50 bits per heavy atom. The molecule has 0 aromatic heterocycles. The molecule has 0 aromatic carbocycles. The maximum absolute atomic E-state index is 11.0. The number of aliphatic hydroxyl groups is 1. The molecule has 1 heterocycles. The summed E-state index contributed by atoms with van der Waals surface area (Å²) in [6.07, 6.45) is 7.15. The van der Waals surface area contributed by atoms with Gasteiger partial charge in [-0.2, -0.15) is 0 Å². The summed E-state index contributed by atoms with van der Waals surface area (Å²) in [5.74, 6) is -2.72. The molecule has 74 valence electrons. The zero-order valence-corrected chi connectivity index (χ0v) is 7.25. The second-order valence-corrected chi connectivity index (χ2v) is 2.57. The average Bonchev–Trinajstić information content (AvgIpc) is 2.20. The number of aliphatic carboxylic acids is 1. The second-order valence-electron chi connectivity index (χ2n) is 2.57. The SMILES string of the molecule is O=C(O)C(=O)C(=CO)N1C=CC=CC1. The molecule has 1 aliphatic heterocycles.